The van der Waals surface area contributed by atoms with Gasteiger partial charge in [-0.2, -0.15) is 0 Å². The Hall–Kier alpha value is -2.05. The first-order valence-corrected chi connectivity index (χ1v) is 9.51. The van der Waals surface area contributed by atoms with E-state index < -0.39 is 6.17 Å². The Balaban J connectivity index is 1.68. The summed E-state index contributed by atoms with van der Waals surface area (Å²) in [5, 5.41) is 17.5. The lowest BCUT2D eigenvalue weighted by atomic mass is 9.99. The maximum absolute atomic E-state index is 12.8. The van der Waals surface area contributed by atoms with Gasteiger partial charge in [0.25, 0.3) is 5.91 Å². The van der Waals surface area contributed by atoms with Gasteiger partial charge in [0, 0.05) is 29.6 Å². The second kappa shape index (κ2) is 6.04. The quantitative estimate of drug-likeness (QED) is 0.771. The average Bonchev–Trinajstić information content (AvgIpc) is 2.94. The van der Waals surface area contributed by atoms with Crippen molar-refractivity contribution >= 4 is 22.2 Å². The molecule has 0 unspecified atom stereocenters. The molecule has 1 aromatic carbocycles. The van der Waals surface area contributed by atoms with E-state index in [1.54, 1.807) is 17.4 Å². The van der Waals surface area contributed by atoms with E-state index in [1.807, 2.05) is 19.1 Å². The number of hydrogen-bond donors (Lipinski definition) is 3. The van der Waals surface area contributed by atoms with E-state index in [9.17, 15) is 9.90 Å². The molecule has 2 aliphatic heterocycles. The van der Waals surface area contributed by atoms with Gasteiger partial charge < -0.3 is 15.7 Å². The SMILES string of the molecule is Cc1ccc(O)c([C@H]2NC(=O)c3c(sc4c3CCN(C(C)C)C4)N2)c1. The van der Waals surface area contributed by atoms with Gasteiger partial charge in [-0.15, -0.1) is 11.3 Å². The third kappa shape index (κ3) is 2.79. The molecule has 132 valence electrons. The smallest absolute Gasteiger partial charge is 0.256 e. The van der Waals surface area contributed by atoms with Gasteiger partial charge in [-0.3, -0.25) is 9.69 Å². The number of nitrogens with zero attached hydrogens (tertiary/aromatic N) is 1. The Bertz CT molecular complexity index is 843. The van der Waals surface area contributed by atoms with Crippen LogP contribution in [0.15, 0.2) is 18.2 Å². The fourth-order valence-electron chi connectivity index (χ4n) is 3.64. The Kier molecular flexibility index (Phi) is 3.96. The molecule has 3 heterocycles. The Labute approximate surface area is 151 Å². The molecular weight excluding hydrogens is 334 g/mol. The van der Waals surface area contributed by atoms with E-state index in [2.05, 4.69) is 29.4 Å². The van der Waals surface area contributed by atoms with Crippen LogP contribution in [-0.2, 0) is 13.0 Å². The summed E-state index contributed by atoms with van der Waals surface area (Å²) in [5.74, 6) is 0.148. The number of amides is 1. The maximum Gasteiger partial charge on any atom is 0.256 e. The van der Waals surface area contributed by atoms with Crippen LogP contribution in [0.25, 0.3) is 0 Å². The summed E-state index contributed by atoms with van der Waals surface area (Å²) in [6.45, 7) is 8.28. The van der Waals surface area contributed by atoms with E-state index in [0.717, 1.165) is 35.6 Å². The number of phenolic OH excluding ortho intramolecular Hbond substituents is 1. The highest BCUT2D eigenvalue weighted by Crippen LogP contribution is 2.41. The molecule has 0 saturated heterocycles. The van der Waals surface area contributed by atoms with Crippen molar-refractivity contribution < 1.29 is 9.90 Å². The van der Waals surface area contributed by atoms with Gasteiger partial charge >= 0.3 is 0 Å². The fourth-order valence-corrected chi connectivity index (χ4v) is 4.94. The number of anilines is 1. The van der Waals surface area contributed by atoms with Crippen molar-refractivity contribution in [1.82, 2.24) is 10.2 Å². The molecule has 5 nitrogen and oxygen atoms in total. The average molecular weight is 357 g/mol. The van der Waals surface area contributed by atoms with Gasteiger partial charge in [0.15, 0.2) is 0 Å². The van der Waals surface area contributed by atoms with Crippen LogP contribution >= 0.6 is 11.3 Å². The van der Waals surface area contributed by atoms with Crippen LogP contribution < -0.4 is 10.6 Å². The number of nitrogens with one attached hydrogen (secondary N) is 2. The zero-order valence-corrected chi connectivity index (χ0v) is 15.5. The predicted octanol–water partition coefficient (Wildman–Crippen LogP) is 3.38. The number of aryl methyl sites for hydroxylation is 1. The lowest BCUT2D eigenvalue weighted by Gasteiger charge is -2.31. The lowest BCUT2D eigenvalue weighted by molar-refractivity contribution is 0.0934. The zero-order valence-electron chi connectivity index (χ0n) is 14.7. The van der Waals surface area contributed by atoms with Gasteiger partial charge in [0.05, 0.1) is 5.56 Å². The summed E-state index contributed by atoms with van der Waals surface area (Å²) in [7, 11) is 0. The normalized spacial score (nSPS) is 20.0. The molecule has 0 saturated carbocycles. The van der Waals surface area contributed by atoms with Crippen LogP contribution in [0.3, 0.4) is 0 Å². The summed E-state index contributed by atoms with van der Waals surface area (Å²) in [4.78, 5) is 16.5. The topological polar surface area (TPSA) is 64.6 Å². The molecule has 2 aliphatic rings. The Morgan fingerprint density at radius 2 is 2.12 bits per heavy atom. The number of carbonyl (C=O) groups is 1. The number of hydrogen-bond acceptors (Lipinski definition) is 5. The number of carbonyl (C=O) groups excluding carboxylic acids is 1. The van der Waals surface area contributed by atoms with E-state index >= 15 is 0 Å². The summed E-state index contributed by atoms with van der Waals surface area (Å²) in [5.41, 5.74) is 3.74. The summed E-state index contributed by atoms with van der Waals surface area (Å²) >= 11 is 1.68. The zero-order chi connectivity index (χ0) is 17.7. The number of benzene rings is 1. The number of thiophene rings is 1. The minimum Gasteiger partial charge on any atom is -0.508 e. The van der Waals surface area contributed by atoms with Crippen molar-refractivity contribution in [3.05, 3.63) is 45.3 Å². The molecule has 25 heavy (non-hydrogen) atoms. The second-order valence-electron chi connectivity index (χ2n) is 7.14. The van der Waals surface area contributed by atoms with Crippen molar-refractivity contribution in [2.24, 2.45) is 0 Å². The predicted molar refractivity (Wildman–Crippen MR) is 100 cm³/mol. The van der Waals surface area contributed by atoms with Gasteiger partial charge in [0.2, 0.25) is 0 Å². The largest absolute Gasteiger partial charge is 0.508 e. The van der Waals surface area contributed by atoms with Crippen molar-refractivity contribution in [2.75, 3.05) is 11.9 Å². The van der Waals surface area contributed by atoms with Crippen LogP contribution in [-0.4, -0.2) is 28.5 Å². The van der Waals surface area contributed by atoms with E-state index in [4.69, 9.17) is 0 Å². The molecule has 2 aromatic rings. The molecule has 0 bridgehead atoms. The molecule has 0 spiro atoms. The molecule has 1 atom stereocenters. The molecule has 0 radical (unpaired) electrons. The molecule has 6 heteroatoms. The van der Waals surface area contributed by atoms with E-state index in [0.29, 0.717) is 11.6 Å². The highest BCUT2D eigenvalue weighted by Gasteiger charge is 2.34. The molecule has 1 aromatic heterocycles. The summed E-state index contributed by atoms with van der Waals surface area (Å²) < 4.78 is 0. The number of aromatic hydroxyl groups is 1. The molecule has 4 rings (SSSR count). The van der Waals surface area contributed by atoms with Crippen molar-refractivity contribution in [1.29, 1.82) is 0 Å². The number of phenols is 1. The minimum absolute atomic E-state index is 0.0462. The van der Waals surface area contributed by atoms with Crippen LogP contribution in [0.1, 0.15) is 51.9 Å². The van der Waals surface area contributed by atoms with E-state index in [-0.39, 0.29) is 11.7 Å². The fraction of sp³-hybridized carbons (Fsp3) is 0.421. The van der Waals surface area contributed by atoms with E-state index in [1.165, 1.54) is 10.4 Å². The molecular formula is C19H23N3O2S. The Morgan fingerprint density at radius 1 is 1.32 bits per heavy atom. The highest BCUT2D eigenvalue weighted by molar-refractivity contribution is 7.16. The Morgan fingerprint density at radius 3 is 2.88 bits per heavy atom. The van der Waals surface area contributed by atoms with Crippen LogP contribution in [0.2, 0.25) is 0 Å². The summed E-state index contributed by atoms with van der Waals surface area (Å²) in [6, 6.07) is 5.95. The minimum atomic E-state index is -0.402. The van der Waals surface area contributed by atoms with Crippen molar-refractivity contribution in [2.45, 2.75) is 45.9 Å². The summed E-state index contributed by atoms with van der Waals surface area (Å²) in [6.07, 6.45) is 0.510. The first kappa shape index (κ1) is 16.4. The van der Waals surface area contributed by atoms with Crippen molar-refractivity contribution in [3.8, 4) is 5.75 Å². The third-order valence-corrected chi connectivity index (χ3v) is 6.24. The molecule has 0 aliphatic carbocycles. The standard InChI is InChI=1S/C19H23N3O2S/c1-10(2)22-7-6-12-15(9-22)25-19-16(12)18(24)20-17(21-19)13-8-11(3)4-5-14(13)23/h4-5,8,10,17,21,23H,6-7,9H2,1-3H3,(H,20,24)/t17-/m0/s1. The monoisotopic (exact) mass is 357 g/mol. The van der Waals surface area contributed by atoms with Gasteiger partial charge in [-0.05, 0) is 44.9 Å². The highest BCUT2D eigenvalue weighted by atomic mass is 32.1. The first-order valence-electron chi connectivity index (χ1n) is 8.69. The van der Waals surface area contributed by atoms with Crippen LogP contribution in [0.4, 0.5) is 5.00 Å². The molecule has 0 fully saturated rings. The van der Waals surface area contributed by atoms with Crippen molar-refractivity contribution in [3.63, 3.8) is 0 Å². The van der Waals surface area contributed by atoms with Crippen LogP contribution in [0, 0.1) is 6.92 Å². The lowest BCUT2D eigenvalue weighted by Crippen LogP contribution is -2.39. The van der Waals surface area contributed by atoms with Gasteiger partial charge in [0.1, 0.15) is 16.9 Å². The van der Waals surface area contributed by atoms with Gasteiger partial charge in [-0.1, -0.05) is 11.6 Å². The maximum atomic E-state index is 12.8. The number of fused-ring (bicyclic) bond motifs is 3. The first-order chi connectivity index (χ1) is 11.9. The molecule has 3 N–H and O–H groups in total. The third-order valence-electron chi connectivity index (χ3n) is 5.09. The number of rotatable bonds is 2. The van der Waals surface area contributed by atoms with Crippen LogP contribution in [0.5, 0.6) is 5.75 Å². The van der Waals surface area contributed by atoms with Gasteiger partial charge in [-0.25, -0.2) is 0 Å². The molecule has 1 amide bonds. The second-order valence-corrected chi connectivity index (χ2v) is 8.24.